The molecule has 0 radical (unpaired) electrons. The second-order valence-electron chi connectivity index (χ2n) is 3.65. The molecule has 2 rings (SSSR count). The van der Waals surface area contributed by atoms with Gasteiger partial charge in [-0.25, -0.2) is 0 Å². The van der Waals surface area contributed by atoms with Crippen LogP contribution in [0, 0.1) is 0 Å². The van der Waals surface area contributed by atoms with Gasteiger partial charge in [-0.1, -0.05) is 11.6 Å². The minimum absolute atomic E-state index is 0.174. The van der Waals surface area contributed by atoms with Crippen LogP contribution in [0.4, 0.5) is 13.2 Å². The summed E-state index contributed by atoms with van der Waals surface area (Å²) in [7, 11) is 1.52. The highest BCUT2D eigenvalue weighted by Crippen LogP contribution is 2.36. The first kappa shape index (κ1) is 12.0. The molecule has 2 aromatic rings. The number of benzene rings is 1. The van der Waals surface area contributed by atoms with E-state index >= 15 is 0 Å². The van der Waals surface area contributed by atoms with Crippen LogP contribution in [0.15, 0.2) is 29.2 Å². The first-order chi connectivity index (χ1) is 7.80. The minimum atomic E-state index is -4.52. The predicted molar refractivity (Wildman–Crippen MR) is 59.2 cm³/mol. The summed E-state index contributed by atoms with van der Waals surface area (Å²) in [4.78, 5) is 11.7. The van der Waals surface area contributed by atoms with Crippen molar-refractivity contribution >= 4 is 22.4 Å². The van der Waals surface area contributed by atoms with Crippen molar-refractivity contribution in [2.75, 3.05) is 0 Å². The zero-order valence-corrected chi connectivity index (χ0v) is 9.43. The number of rotatable bonds is 0. The third-order valence-corrected chi connectivity index (χ3v) is 2.79. The Morgan fingerprint density at radius 1 is 1.29 bits per heavy atom. The molecule has 0 saturated heterocycles. The monoisotopic (exact) mass is 261 g/mol. The van der Waals surface area contributed by atoms with Gasteiger partial charge >= 0.3 is 6.18 Å². The van der Waals surface area contributed by atoms with E-state index in [4.69, 9.17) is 11.6 Å². The van der Waals surface area contributed by atoms with E-state index in [0.29, 0.717) is 0 Å². The van der Waals surface area contributed by atoms with Crippen molar-refractivity contribution in [2.24, 2.45) is 7.05 Å². The van der Waals surface area contributed by atoms with Crippen LogP contribution in [0.3, 0.4) is 0 Å². The van der Waals surface area contributed by atoms with Gasteiger partial charge in [0, 0.05) is 18.6 Å². The number of pyridine rings is 1. The normalized spacial score (nSPS) is 12.1. The summed E-state index contributed by atoms with van der Waals surface area (Å²) in [5, 5.41) is -0.0638. The van der Waals surface area contributed by atoms with Gasteiger partial charge in [0.05, 0.1) is 10.6 Å². The van der Waals surface area contributed by atoms with Gasteiger partial charge in [-0.3, -0.25) is 4.79 Å². The maximum absolute atomic E-state index is 12.6. The lowest BCUT2D eigenvalue weighted by Crippen LogP contribution is -2.16. The van der Waals surface area contributed by atoms with E-state index in [-0.39, 0.29) is 16.3 Å². The lowest BCUT2D eigenvalue weighted by Gasteiger charge is -2.10. The Bertz CT molecular complexity index is 645. The highest BCUT2D eigenvalue weighted by molar-refractivity contribution is 6.32. The van der Waals surface area contributed by atoms with Crippen molar-refractivity contribution in [3.63, 3.8) is 0 Å². The van der Waals surface area contributed by atoms with Crippen molar-refractivity contribution in [3.05, 3.63) is 45.3 Å². The van der Waals surface area contributed by atoms with Crippen molar-refractivity contribution in [1.29, 1.82) is 0 Å². The summed E-state index contributed by atoms with van der Waals surface area (Å²) in [5.41, 5.74) is -1.31. The molecule has 0 saturated carbocycles. The lowest BCUT2D eigenvalue weighted by molar-refractivity contribution is -0.137. The van der Waals surface area contributed by atoms with E-state index in [1.807, 2.05) is 0 Å². The summed E-state index contributed by atoms with van der Waals surface area (Å²) in [6.07, 6.45) is -3.11. The smallest absolute Gasteiger partial charge is 0.318 e. The van der Waals surface area contributed by atoms with Crippen LogP contribution < -0.4 is 5.56 Å². The molecule has 1 aromatic carbocycles. The van der Waals surface area contributed by atoms with Gasteiger partial charge < -0.3 is 4.57 Å². The predicted octanol–water partition coefficient (Wildman–Crippen LogP) is 3.21. The largest absolute Gasteiger partial charge is 0.417 e. The van der Waals surface area contributed by atoms with E-state index in [2.05, 4.69) is 0 Å². The van der Waals surface area contributed by atoms with Gasteiger partial charge in [-0.2, -0.15) is 13.2 Å². The fourth-order valence-corrected chi connectivity index (χ4v) is 1.85. The van der Waals surface area contributed by atoms with Crippen molar-refractivity contribution in [3.8, 4) is 0 Å². The second-order valence-corrected chi connectivity index (χ2v) is 4.06. The molecule has 1 heterocycles. The second kappa shape index (κ2) is 3.77. The molecule has 0 bridgehead atoms. The summed E-state index contributed by atoms with van der Waals surface area (Å²) < 4.78 is 39.0. The van der Waals surface area contributed by atoms with Crippen LogP contribution in [-0.2, 0) is 13.2 Å². The first-order valence-electron chi connectivity index (χ1n) is 4.67. The average Bonchev–Trinajstić information content (AvgIpc) is 2.22. The number of halogens is 4. The van der Waals surface area contributed by atoms with Crippen LogP contribution in [0.5, 0.6) is 0 Å². The molecule has 90 valence electrons. The van der Waals surface area contributed by atoms with Crippen molar-refractivity contribution in [2.45, 2.75) is 6.18 Å². The number of aromatic nitrogens is 1. The van der Waals surface area contributed by atoms with Crippen molar-refractivity contribution in [1.82, 2.24) is 4.57 Å². The third kappa shape index (κ3) is 2.02. The lowest BCUT2D eigenvalue weighted by atomic mass is 10.1. The average molecular weight is 262 g/mol. The molecular weight excluding hydrogens is 255 g/mol. The Balaban J connectivity index is 2.85. The molecule has 0 fully saturated rings. The molecule has 0 aliphatic rings. The first-order valence-corrected chi connectivity index (χ1v) is 5.04. The molecule has 0 unspecified atom stereocenters. The van der Waals surface area contributed by atoms with Gasteiger partial charge in [0.25, 0.3) is 5.56 Å². The molecule has 0 aliphatic heterocycles. The number of fused-ring (bicyclic) bond motifs is 1. The zero-order valence-electron chi connectivity index (χ0n) is 8.68. The Morgan fingerprint density at radius 2 is 1.94 bits per heavy atom. The summed E-state index contributed by atoms with van der Waals surface area (Å²) in [6.45, 7) is 0. The van der Waals surface area contributed by atoms with E-state index in [9.17, 15) is 18.0 Å². The number of nitrogens with zero attached hydrogens (tertiary/aromatic N) is 1. The van der Waals surface area contributed by atoms with Crippen LogP contribution in [0.2, 0.25) is 5.02 Å². The number of hydrogen-bond donors (Lipinski definition) is 0. The van der Waals surface area contributed by atoms with Crippen LogP contribution in [0.25, 0.3) is 10.8 Å². The molecule has 6 heteroatoms. The van der Waals surface area contributed by atoms with Crippen LogP contribution >= 0.6 is 11.6 Å². The van der Waals surface area contributed by atoms with Gasteiger partial charge in [0.2, 0.25) is 0 Å². The summed E-state index contributed by atoms with van der Waals surface area (Å²) in [6, 6.07) is 3.39. The molecule has 0 spiro atoms. The number of hydrogen-bond acceptors (Lipinski definition) is 1. The molecule has 0 atom stereocenters. The maximum Gasteiger partial charge on any atom is 0.417 e. The topological polar surface area (TPSA) is 22.0 Å². The summed E-state index contributed by atoms with van der Waals surface area (Å²) in [5.74, 6) is 0. The van der Waals surface area contributed by atoms with E-state index < -0.39 is 16.8 Å². The molecule has 0 amide bonds. The maximum atomic E-state index is 12.6. The minimum Gasteiger partial charge on any atom is -0.318 e. The standard InChI is InChI=1S/C11H7ClF3NO/c1-16-3-2-6-4-8(11(13,14)15)9(12)5-7(6)10(16)17/h2-5H,1H3. The fraction of sp³-hybridized carbons (Fsp3) is 0.182. The van der Waals surface area contributed by atoms with E-state index in [1.165, 1.54) is 23.9 Å². The fourth-order valence-electron chi connectivity index (χ4n) is 1.58. The van der Waals surface area contributed by atoms with E-state index in [0.717, 1.165) is 12.1 Å². The molecule has 1 aromatic heterocycles. The zero-order chi connectivity index (χ0) is 12.8. The van der Waals surface area contributed by atoms with Crippen LogP contribution in [0.1, 0.15) is 5.56 Å². The SMILES string of the molecule is Cn1ccc2cc(C(F)(F)F)c(Cl)cc2c1=O. The van der Waals surface area contributed by atoms with Gasteiger partial charge in [-0.15, -0.1) is 0 Å². The third-order valence-electron chi connectivity index (χ3n) is 2.47. The Hall–Kier alpha value is -1.49. The molecule has 17 heavy (non-hydrogen) atoms. The molecule has 0 aliphatic carbocycles. The number of alkyl halides is 3. The highest BCUT2D eigenvalue weighted by Gasteiger charge is 2.33. The summed E-state index contributed by atoms with van der Waals surface area (Å²) >= 11 is 5.54. The number of aryl methyl sites for hydroxylation is 1. The van der Waals surface area contributed by atoms with Gasteiger partial charge in [0.15, 0.2) is 0 Å². The quantitative estimate of drug-likeness (QED) is 0.714. The van der Waals surface area contributed by atoms with Gasteiger partial charge in [-0.05, 0) is 23.6 Å². The van der Waals surface area contributed by atoms with Crippen LogP contribution in [-0.4, -0.2) is 4.57 Å². The van der Waals surface area contributed by atoms with Crippen molar-refractivity contribution < 1.29 is 13.2 Å². The Morgan fingerprint density at radius 3 is 2.53 bits per heavy atom. The van der Waals surface area contributed by atoms with E-state index in [1.54, 1.807) is 0 Å². The Kier molecular flexibility index (Phi) is 2.66. The highest BCUT2D eigenvalue weighted by atomic mass is 35.5. The molecule has 0 N–H and O–H groups in total. The van der Waals surface area contributed by atoms with Gasteiger partial charge in [0.1, 0.15) is 0 Å². The Labute approximate surface area is 99.2 Å². The molecular formula is C11H7ClF3NO. The molecule has 2 nitrogen and oxygen atoms in total.